The summed E-state index contributed by atoms with van der Waals surface area (Å²) in [4.78, 5) is 7.73. The molecule has 0 spiro atoms. The van der Waals surface area contributed by atoms with E-state index in [1.54, 1.807) is 6.92 Å². The molecule has 0 amide bonds. The third-order valence-electron chi connectivity index (χ3n) is 3.27. The third kappa shape index (κ3) is 3.86. The highest BCUT2D eigenvalue weighted by atomic mass is 19.4. The van der Waals surface area contributed by atoms with Gasteiger partial charge in [-0.3, -0.25) is 0 Å². The van der Waals surface area contributed by atoms with E-state index >= 15 is 0 Å². The van der Waals surface area contributed by atoms with Gasteiger partial charge in [-0.2, -0.15) is 35.8 Å². The van der Waals surface area contributed by atoms with Crippen molar-refractivity contribution in [3.8, 4) is 17.3 Å². The van der Waals surface area contributed by atoms with Crippen molar-refractivity contribution in [2.45, 2.75) is 19.3 Å². The number of halogens is 6. The van der Waals surface area contributed by atoms with E-state index in [0.717, 1.165) is 16.6 Å². The van der Waals surface area contributed by atoms with Gasteiger partial charge in [-0.05, 0) is 25.1 Å². The topological polar surface area (TPSA) is 52.3 Å². The molecule has 3 rings (SSSR count). The van der Waals surface area contributed by atoms with Crippen LogP contribution < -0.4 is 4.74 Å². The Morgan fingerprint density at radius 2 is 1.77 bits per heavy atom. The Bertz CT molecular complexity index is 947. The molecule has 0 saturated carbocycles. The largest absolute Gasteiger partial charge is 0.453 e. The highest BCUT2D eigenvalue weighted by molar-refractivity contribution is 5.63. The van der Waals surface area contributed by atoms with Gasteiger partial charge < -0.3 is 4.74 Å². The summed E-state index contributed by atoms with van der Waals surface area (Å²) in [6, 6.07) is 5.33. The first-order chi connectivity index (χ1) is 12.0. The molecule has 0 unspecified atom stereocenters. The van der Waals surface area contributed by atoms with Gasteiger partial charge in [0, 0.05) is 11.3 Å². The summed E-state index contributed by atoms with van der Waals surface area (Å²) in [7, 11) is 0. The molecule has 0 aliphatic rings. The number of rotatable bonds is 3. The summed E-state index contributed by atoms with van der Waals surface area (Å²) in [6.45, 7) is -0.0240. The Morgan fingerprint density at radius 3 is 2.42 bits per heavy atom. The molecular weight excluding hydrogens is 366 g/mol. The van der Waals surface area contributed by atoms with Crippen molar-refractivity contribution in [1.29, 1.82) is 0 Å². The molecule has 138 valence electrons. The second-order valence-electron chi connectivity index (χ2n) is 5.37. The van der Waals surface area contributed by atoms with E-state index < -0.39 is 30.5 Å². The number of aryl methyl sites for hydroxylation is 1. The first kappa shape index (κ1) is 18.0. The van der Waals surface area contributed by atoms with Gasteiger partial charge in [0.1, 0.15) is 0 Å². The fourth-order valence-corrected chi connectivity index (χ4v) is 2.24. The van der Waals surface area contributed by atoms with E-state index in [9.17, 15) is 26.3 Å². The zero-order valence-electron chi connectivity index (χ0n) is 13.1. The first-order valence-corrected chi connectivity index (χ1v) is 7.14. The number of ether oxygens (including phenoxy) is 1. The van der Waals surface area contributed by atoms with Crippen LogP contribution in [0.25, 0.3) is 17.0 Å². The Labute approximate surface area is 142 Å². The van der Waals surface area contributed by atoms with Crippen LogP contribution in [0.15, 0.2) is 30.3 Å². The molecule has 2 aromatic heterocycles. The number of hydrogen-bond donors (Lipinski definition) is 0. The van der Waals surface area contributed by atoms with Gasteiger partial charge in [0.15, 0.2) is 6.61 Å². The van der Waals surface area contributed by atoms with E-state index in [-0.39, 0.29) is 17.0 Å². The van der Waals surface area contributed by atoms with E-state index in [4.69, 9.17) is 0 Å². The van der Waals surface area contributed by atoms with Gasteiger partial charge in [0.2, 0.25) is 0 Å². The van der Waals surface area contributed by atoms with Crippen LogP contribution in [-0.2, 0) is 6.18 Å². The zero-order chi connectivity index (χ0) is 19.1. The van der Waals surface area contributed by atoms with Gasteiger partial charge in [-0.15, -0.1) is 5.10 Å². The minimum atomic E-state index is -4.58. The summed E-state index contributed by atoms with van der Waals surface area (Å²) < 4.78 is 81.0. The molecule has 0 atom stereocenters. The summed E-state index contributed by atoms with van der Waals surface area (Å²) >= 11 is 0. The van der Waals surface area contributed by atoms with E-state index in [2.05, 4.69) is 19.8 Å². The molecule has 3 aromatic rings. The monoisotopic (exact) mass is 376 g/mol. The van der Waals surface area contributed by atoms with Crippen molar-refractivity contribution >= 4 is 5.78 Å². The number of aromatic nitrogens is 4. The number of benzene rings is 1. The molecule has 0 aliphatic heterocycles. The van der Waals surface area contributed by atoms with E-state index in [1.165, 1.54) is 18.2 Å². The van der Waals surface area contributed by atoms with Crippen molar-refractivity contribution in [3.05, 3.63) is 41.6 Å². The number of hydrogen-bond acceptors (Lipinski definition) is 4. The molecule has 26 heavy (non-hydrogen) atoms. The van der Waals surface area contributed by atoms with Crippen LogP contribution in [0.1, 0.15) is 11.3 Å². The maximum Gasteiger partial charge on any atom is 0.422 e. The summed E-state index contributed by atoms with van der Waals surface area (Å²) in [5.41, 5.74) is -0.124. The molecule has 2 heterocycles. The predicted octanol–water partition coefficient (Wildman–Crippen LogP) is 4.06. The molecule has 5 nitrogen and oxygen atoms in total. The maximum atomic E-state index is 12.9. The fourth-order valence-electron chi connectivity index (χ4n) is 2.24. The Kier molecular flexibility index (Phi) is 4.24. The molecule has 0 fully saturated rings. The van der Waals surface area contributed by atoms with Crippen molar-refractivity contribution in [1.82, 2.24) is 19.6 Å². The lowest BCUT2D eigenvalue weighted by Gasteiger charge is -2.10. The van der Waals surface area contributed by atoms with Crippen molar-refractivity contribution in [2.24, 2.45) is 0 Å². The SMILES string of the molecule is Cc1cc(-c2cccc(C(F)(F)F)c2)n2nc(OCC(F)(F)F)nc2n1. The normalized spacial score (nSPS) is 12.6. The van der Waals surface area contributed by atoms with E-state index in [1.807, 2.05) is 0 Å². The highest BCUT2D eigenvalue weighted by Crippen LogP contribution is 2.32. The molecule has 11 heteroatoms. The number of alkyl halides is 6. The second-order valence-corrected chi connectivity index (χ2v) is 5.37. The van der Waals surface area contributed by atoms with Crippen LogP contribution >= 0.6 is 0 Å². The first-order valence-electron chi connectivity index (χ1n) is 7.14. The zero-order valence-corrected chi connectivity index (χ0v) is 13.1. The quantitative estimate of drug-likeness (QED) is 0.647. The molecule has 1 aromatic carbocycles. The minimum Gasteiger partial charge on any atom is -0.453 e. The molecular formula is C15H10F6N4O. The van der Waals surface area contributed by atoms with Crippen LogP contribution in [0.3, 0.4) is 0 Å². The van der Waals surface area contributed by atoms with Gasteiger partial charge in [-0.1, -0.05) is 12.1 Å². The summed E-state index contributed by atoms with van der Waals surface area (Å²) in [6.07, 6.45) is -9.12. The molecule has 0 aliphatic carbocycles. The molecule has 0 saturated heterocycles. The maximum absolute atomic E-state index is 12.9. The summed E-state index contributed by atoms with van der Waals surface area (Å²) in [5.74, 6) is -0.0883. The molecule has 0 radical (unpaired) electrons. The smallest absolute Gasteiger partial charge is 0.422 e. The van der Waals surface area contributed by atoms with Crippen LogP contribution in [0, 0.1) is 6.92 Å². The van der Waals surface area contributed by atoms with Crippen LogP contribution in [-0.4, -0.2) is 32.4 Å². The van der Waals surface area contributed by atoms with Crippen molar-refractivity contribution in [3.63, 3.8) is 0 Å². The lowest BCUT2D eigenvalue weighted by Crippen LogP contribution is -2.19. The van der Waals surface area contributed by atoms with Crippen molar-refractivity contribution in [2.75, 3.05) is 6.61 Å². The van der Waals surface area contributed by atoms with Gasteiger partial charge >= 0.3 is 18.4 Å². The van der Waals surface area contributed by atoms with E-state index in [0.29, 0.717) is 5.69 Å². The lowest BCUT2D eigenvalue weighted by molar-refractivity contribution is -0.154. The number of fused-ring (bicyclic) bond motifs is 1. The Morgan fingerprint density at radius 1 is 1.04 bits per heavy atom. The van der Waals surface area contributed by atoms with Gasteiger partial charge in [-0.25, -0.2) is 4.98 Å². The van der Waals surface area contributed by atoms with Gasteiger partial charge in [0.25, 0.3) is 5.78 Å². The van der Waals surface area contributed by atoms with Crippen LogP contribution in [0.4, 0.5) is 26.3 Å². The minimum absolute atomic E-state index is 0.0883. The molecule has 0 N–H and O–H groups in total. The van der Waals surface area contributed by atoms with Crippen LogP contribution in [0.5, 0.6) is 6.01 Å². The standard InChI is InChI=1S/C15H10F6N4O/c1-8-5-11(9-3-2-4-10(6-9)15(19,20)21)25-12(22-8)23-13(24-25)26-7-14(16,17)18/h2-6H,7H2,1H3. The fraction of sp³-hybridized carbons (Fsp3) is 0.267. The number of nitrogens with zero attached hydrogens (tertiary/aromatic N) is 4. The average Bonchev–Trinajstić information content (AvgIpc) is 2.93. The highest BCUT2D eigenvalue weighted by Gasteiger charge is 2.31. The van der Waals surface area contributed by atoms with Crippen LogP contribution in [0.2, 0.25) is 0 Å². The van der Waals surface area contributed by atoms with Crippen molar-refractivity contribution < 1.29 is 31.1 Å². The summed E-state index contributed by atoms with van der Waals surface area (Å²) in [5, 5.41) is 3.76. The predicted molar refractivity (Wildman–Crippen MR) is 77.5 cm³/mol. The second kappa shape index (κ2) is 6.15. The average molecular weight is 376 g/mol. The van der Waals surface area contributed by atoms with Gasteiger partial charge in [0.05, 0.1) is 11.3 Å². The molecule has 0 bridgehead atoms. The Balaban J connectivity index is 2.07. The Hall–Kier alpha value is -2.85. The lowest BCUT2D eigenvalue weighted by atomic mass is 10.1. The third-order valence-corrected chi connectivity index (χ3v) is 3.27.